The number of nitrogen functional groups attached to an aromatic ring is 1. The van der Waals surface area contributed by atoms with Crippen molar-refractivity contribution in [1.29, 1.82) is 0 Å². The lowest BCUT2D eigenvalue weighted by Crippen LogP contribution is -1.99. The largest absolute Gasteiger partial charge is 0.439 e. The Morgan fingerprint density at radius 2 is 1.94 bits per heavy atom. The van der Waals surface area contributed by atoms with Crippen molar-refractivity contribution in [2.75, 3.05) is 5.73 Å². The molecule has 0 aliphatic carbocycles. The zero-order chi connectivity index (χ0) is 13.1. The van der Waals surface area contributed by atoms with Gasteiger partial charge in [0.05, 0.1) is 0 Å². The minimum atomic E-state index is 0.227. The van der Waals surface area contributed by atoms with E-state index in [1.54, 1.807) is 6.07 Å². The van der Waals surface area contributed by atoms with E-state index in [-0.39, 0.29) is 5.95 Å². The van der Waals surface area contributed by atoms with E-state index in [2.05, 4.69) is 29.9 Å². The Labute approximate surface area is 107 Å². The van der Waals surface area contributed by atoms with E-state index in [9.17, 15) is 0 Å². The molecule has 0 saturated carbocycles. The van der Waals surface area contributed by atoms with Gasteiger partial charge in [-0.1, -0.05) is 26.0 Å². The molecule has 4 nitrogen and oxygen atoms in total. The van der Waals surface area contributed by atoms with Gasteiger partial charge in [0.15, 0.2) is 0 Å². The minimum Gasteiger partial charge on any atom is -0.439 e. The summed E-state index contributed by atoms with van der Waals surface area (Å²) in [7, 11) is 0. The van der Waals surface area contributed by atoms with Crippen LogP contribution >= 0.6 is 0 Å². The molecule has 0 unspecified atom stereocenters. The van der Waals surface area contributed by atoms with E-state index in [0.29, 0.717) is 11.8 Å². The van der Waals surface area contributed by atoms with Crippen LogP contribution in [-0.4, -0.2) is 9.97 Å². The molecule has 1 heterocycles. The van der Waals surface area contributed by atoms with Crippen LogP contribution in [0.4, 0.5) is 5.95 Å². The standard InChI is InChI=1S/C14H17N3O/c1-9(2)11-5-4-6-12(8-11)18-13-7-10(3)16-14(15)17-13/h4-9H,1-3H3,(H2,15,16,17). The molecule has 0 aliphatic heterocycles. The number of hydrogen-bond donors (Lipinski definition) is 1. The summed E-state index contributed by atoms with van der Waals surface area (Å²) in [6.07, 6.45) is 0. The van der Waals surface area contributed by atoms with Gasteiger partial charge in [-0.25, -0.2) is 4.98 Å². The molecule has 18 heavy (non-hydrogen) atoms. The lowest BCUT2D eigenvalue weighted by atomic mass is 10.0. The first-order chi connectivity index (χ1) is 8.54. The summed E-state index contributed by atoms with van der Waals surface area (Å²) in [6.45, 7) is 6.15. The van der Waals surface area contributed by atoms with Crippen LogP contribution in [0.3, 0.4) is 0 Å². The van der Waals surface area contributed by atoms with Gasteiger partial charge < -0.3 is 10.5 Å². The predicted molar refractivity (Wildman–Crippen MR) is 71.8 cm³/mol. The van der Waals surface area contributed by atoms with Gasteiger partial charge in [0.1, 0.15) is 5.75 Å². The van der Waals surface area contributed by atoms with Crippen molar-refractivity contribution < 1.29 is 4.74 Å². The monoisotopic (exact) mass is 243 g/mol. The Kier molecular flexibility index (Phi) is 3.46. The molecule has 0 aliphatic rings. The molecule has 1 aromatic heterocycles. The number of hydrogen-bond acceptors (Lipinski definition) is 4. The van der Waals surface area contributed by atoms with Gasteiger partial charge >= 0.3 is 0 Å². The lowest BCUT2D eigenvalue weighted by Gasteiger charge is -2.09. The van der Waals surface area contributed by atoms with Gasteiger partial charge in [-0.3, -0.25) is 0 Å². The summed E-state index contributed by atoms with van der Waals surface area (Å²) < 4.78 is 5.70. The summed E-state index contributed by atoms with van der Waals surface area (Å²) in [5.74, 6) is 1.93. The van der Waals surface area contributed by atoms with Crippen LogP contribution in [0.1, 0.15) is 31.0 Å². The summed E-state index contributed by atoms with van der Waals surface area (Å²) in [6, 6.07) is 9.73. The lowest BCUT2D eigenvalue weighted by molar-refractivity contribution is 0.461. The number of nitrogens with zero attached hydrogens (tertiary/aromatic N) is 2. The van der Waals surface area contributed by atoms with Gasteiger partial charge in [0, 0.05) is 11.8 Å². The molecular formula is C14H17N3O. The van der Waals surface area contributed by atoms with Crippen LogP contribution in [0.25, 0.3) is 0 Å². The fourth-order valence-corrected chi connectivity index (χ4v) is 1.67. The smallest absolute Gasteiger partial charge is 0.224 e. The maximum absolute atomic E-state index is 5.70. The molecule has 0 radical (unpaired) electrons. The number of ether oxygens (including phenoxy) is 1. The maximum Gasteiger partial charge on any atom is 0.224 e. The van der Waals surface area contributed by atoms with Crippen molar-refractivity contribution in [2.45, 2.75) is 26.7 Å². The third kappa shape index (κ3) is 2.97. The summed E-state index contributed by atoms with van der Waals surface area (Å²) in [5, 5.41) is 0. The highest BCUT2D eigenvalue weighted by Crippen LogP contribution is 2.24. The fourth-order valence-electron chi connectivity index (χ4n) is 1.67. The third-order valence-electron chi connectivity index (χ3n) is 2.60. The molecule has 0 saturated heterocycles. The first-order valence-electron chi connectivity index (χ1n) is 5.93. The number of benzene rings is 1. The maximum atomic E-state index is 5.70. The van der Waals surface area contributed by atoms with E-state index >= 15 is 0 Å². The van der Waals surface area contributed by atoms with E-state index < -0.39 is 0 Å². The second kappa shape index (κ2) is 5.04. The highest BCUT2D eigenvalue weighted by Gasteiger charge is 2.04. The van der Waals surface area contributed by atoms with Crippen molar-refractivity contribution in [3.8, 4) is 11.6 Å². The van der Waals surface area contributed by atoms with E-state index in [1.807, 2.05) is 25.1 Å². The Morgan fingerprint density at radius 3 is 2.61 bits per heavy atom. The Morgan fingerprint density at radius 1 is 1.17 bits per heavy atom. The first-order valence-corrected chi connectivity index (χ1v) is 5.93. The molecule has 0 bridgehead atoms. The highest BCUT2D eigenvalue weighted by atomic mass is 16.5. The second-order valence-corrected chi connectivity index (χ2v) is 4.54. The second-order valence-electron chi connectivity index (χ2n) is 4.54. The quantitative estimate of drug-likeness (QED) is 0.898. The van der Waals surface area contributed by atoms with Crippen molar-refractivity contribution in [3.63, 3.8) is 0 Å². The van der Waals surface area contributed by atoms with Crippen LogP contribution in [-0.2, 0) is 0 Å². The molecule has 0 fully saturated rings. The zero-order valence-electron chi connectivity index (χ0n) is 10.8. The highest BCUT2D eigenvalue weighted by molar-refractivity contribution is 5.34. The minimum absolute atomic E-state index is 0.227. The SMILES string of the molecule is Cc1cc(Oc2cccc(C(C)C)c2)nc(N)n1. The average molecular weight is 243 g/mol. The number of aryl methyl sites for hydroxylation is 1. The third-order valence-corrected chi connectivity index (χ3v) is 2.60. The van der Waals surface area contributed by atoms with Crippen molar-refractivity contribution in [2.24, 2.45) is 0 Å². The molecule has 4 heteroatoms. The van der Waals surface area contributed by atoms with Crippen LogP contribution < -0.4 is 10.5 Å². The molecule has 0 amide bonds. The molecule has 0 atom stereocenters. The molecule has 94 valence electrons. The number of anilines is 1. The van der Waals surface area contributed by atoms with E-state index in [0.717, 1.165) is 11.4 Å². The first kappa shape index (κ1) is 12.4. The Balaban J connectivity index is 2.25. The van der Waals surface area contributed by atoms with Crippen molar-refractivity contribution in [3.05, 3.63) is 41.6 Å². The molecule has 2 N–H and O–H groups in total. The van der Waals surface area contributed by atoms with Crippen molar-refractivity contribution in [1.82, 2.24) is 9.97 Å². The molecule has 1 aromatic carbocycles. The topological polar surface area (TPSA) is 61.0 Å². The number of nitrogens with two attached hydrogens (primary N) is 1. The Hall–Kier alpha value is -2.10. The molecule has 2 rings (SSSR count). The van der Waals surface area contributed by atoms with E-state index in [4.69, 9.17) is 10.5 Å². The predicted octanol–water partition coefficient (Wildman–Crippen LogP) is 3.28. The van der Waals surface area contributed by atoms with Gasteiger partial charge in [-0.15, -0.1) is 0 Å². The summed E-state index contributed by atoms with van der Waals surface area (Å²) in [4.78, 5) is 8.06. The van der Waals surface area contributed by atoms with Crippen LogP contribution in [0, 0.1) is 6.92 Å². The Bertz CT molecular complexity index is 532. The average Bonchev–Trinajstić information content (AvgIpc) is 2.27. The number of aromatic nitrogens is 2. The van der Waals surface area contributed by atoms with Crippen LogP contribution in [0.5, 0.6) is 11.6 Å². The van der Waals surface area contributed by atoms with E-state index in [1.165, 1.54) is 5.56 Å². The van der Waals surface area contributed by atoms with Crippen LogP contribution in [0.2, 0.25) is 0 Å². The van der Waals surface area contributed by atoms with Crippen LogP contribution in [0.15, 0.2) is 30.3 Å². The van der Waals surface area contributed by atoms with Crippen molar-refractivity contribution >= 4 is 5.95 Å². The number of rotatable bonds is 3. The normalized spacial score (nSPS) is 10.7. The van der Waals surface area contributed by atoms with Gasteiger partial charge in [-0.2, -0.15) is 4.98 Å². The van der Waals surface area contributed by atoms with Gasteiger partial charge in [0.25, 0.3) is 0 Å². The fraction of sp³-hybridized carbons (Fsp3) is 0.286. The van der Waals surface area contributed by atoms with Gasteiger partial charge in [0.2, 0.25) is 11.8 Å². The molecule has 0 spiro atoms. The van der Waals surface area contributed by atoms with Gasteiger partial charge in [-0.05, 0) is 30.5 Å². The molecular weight excluding hydrogens is 226 g/mol. The summed E-state index contributed by atoms with van der Waals surface area (Å²) >= 11 is 0. The molecule has 2 aromatic rings. The summed E-state index contributed by atoms with van der Waals surface area (Å²) in [5.41, 5.74) is 7.61. The zero-order valence-corrected chi connectivity index (χ0v) is 10.8.